The molecular formula is C12H18FN. The van der Waals surface area contributed by atoms with E-state index < -0.39 is 0 Å². The van der Waals surface area contributed by atoms with E-state index in [1.807, 2.05) is 13.0 Å². The lowest BCUT2D eigenvalue weighted by molar-refractivity contribution is 0.587. The second kappa shape index (κ2) is 5.11. The predicted molar refractivity (Wildman–Crippen MR) is 57.6 cm³/mol. The summed E-state index contributed by atoms with van der Waals surface area (Å²) < 4.78 is 13.1. The minimum absolute atomic E-state index is 0.0238. The maximum atomic E-state index is 13.1. The van der Waals surface area contributed by atoms with Gasteiger partial charge in [-0.3, -0.25) is 0 Å². The molecule has 14 heavy (non-hydrogen) atoms. The third-order valence-electron chi connectivity index (χ3n) is 2.36. The van der Waals surface area contributed by atoms with Crippen LogP contribution in [0.25, 0.3) is 0 Å². The normalized spacial score (nSPS) is 12.9. The summed E-state index contributed by atoms with van der Waals surface area (Å²) in [5.74, 6) is -0.188. The van der Waals surface area contributed by atoms with Gasteiger partial charge in [0.2, 0.25) is 0 Å². The SMILES string of the molecule is CCCCC(N)c1cc(C)cc(F)c1. The molecule has 0 saturated carbocycles. The molecule has 2 N–H and O–H groups in total. The molecule has 0 radical (unpaired) electrons. The van der Waals surface area contributed by atoms with Crippen LogP contribution in [0.5, 0.6) is 0 Å². The number of benzene rings is 1. The highest BCUT2D eigenvalue weighted by Crippen LogP contribution is 2.19. The van der Waals surface area contributed by atoms with Crippen molar-refractivity contribution in [3.05, 3.63) is 35.1 Å². The van der Waals surface area contributed by atoms with Crippen molar-refractivity contribution in [3.8, 4) is 0 Å². The molecule has 1 unspecified atom stereocenters. The summed E-state index contributed by atoms with van der Waals surface area (Å²) >= 11 is 0. The molecule has 0 aliphatic rings. The van der Waals surface area contributed by atoms with Gasteiger partial charge in [-0.2, -0.15) is 0 Å². The number of rotatable bonds is 4. The molecule has 2 heteroatoms. The highest BCUT2D eigenvalue weighted by Gasteiger charge is 2.06. The Morgan fingerprint density at radius 3 is 2.64 bits per heavy atom. The van der Waals surface area contributed by atoms with Crippen molar-refractivity contribution in [2.75, 3.05) is 0 Å². The van der Waals surface area contributed by atoms with Gasteiger partial charge in [0.1, 0.15) is 5.82 Å². The quantitative estimate of drug-likeness (QED) is 0.783. The first-order valence-electron chi connectivity index (χ1n) is 5.16. The van der Waals surface area contributed by atoms with Gasteiger partial charge in [0.05, 0.1) is 0 Å². The minimum atomic E-state index is -0.188. The van der Waals surface area contributed by atoms with Crippen LogP contribution in [0, 0.1) is 12.7 Å². The molecule has 1 nitrogen and oxygen atoms in total. The van der Waals surface area contributed by atoms with E-state index in [0.29, 0.717) is 0 Å². The van der Waals surface area contributed by atoms with E-state index >= 15 is 0 Å². The Bertz CT molecular complexity index is 276. The van der Waals surface area contributed by atoms with Crippen LogP contribution in [-0.2, 0) is 0 Å². The smallest absolute Gasteiger partial charge is 0.123 e. The molecule has 1 rings (SSSR count). The Balaban J connectivity index is 2.73. The second-order valence-corrected chi connectivity index (χ2v) is 3.81. The monoisotopic (exact) mass is 195 g/mol. The molecule has 1 aromatic carbocycles. The second-order valence-electron chi connectivity index (χ2n) is 3.81. The van der Waals surface area contributed by atoms with Crippen LogP contribution in [-0.4, -0.2) is 0 Å². The molecule has 0 heterocycles. The third kappa shape index (κ3) is 3.11. The molecule has 0 aromatic heterocycles. The van der Waals surface area contributed by atoms with Gasteiger partial charge in [-0.1, -0.05) is 25.8 Å². The molecule has 0 bridgehead atoms. The van der Waals surface area contributed by atoms with Crippen molar-refractivity contribution in [2.24, 2.45) is 5.73 Å². The lowest BCUT2D eigenvalue weighted by Gasteiger charge is -2.12. The van der Waals surface area contributed by atoms with Crippen LogP contribution in [0.15, 0.2) is 18.2 Å². The standard InChI is InChI=1S/C12H18FN/c1-3-4-5-12(14)10-6-9(2)7-11(13)8-10/h6-8,12H,3-5,14H2,1-2H3. The van der Waals surface area contributed by atoms with Crippen molar-refractivity contribution in [1.82, 2.24) is 0 Å². The van der Waals surface area contributed by atoms with Gasteiger partial charge in [0.15, 0.2) is 0 Å². The van der Waals surface area contributed by atoms with Crippen molar-refractivity contribution in [3.63, 3.8) is 0 Å². The first-order chi connectivity index (χ1) is 6.63. The number of hydrogen-bond acceptors (Lipinski definition) is 1. The van der Waals surface area contributed by atoms with Gasteiger partial charge in [-0.05, 0) is 36.6 Å². The van der Waals surface area contributed by atoms with Crippen LogP contribution in [0.2, 0.25) is 0 Å². The maximum Gasteiger partial charge on any atom is 0.123 e. The third-order valence-corrected chi connectivity index (χ3v) is 2.36. The molecule has 0 amide bonds. The predicted octanol–water partition coefficient (Wildman–Crippen LogP) is 3.32. The summed E-state index contributed by atoms with van der Waals surface area (Å²) in [7, 11) is 0. The van der Waals surface area contributed by atoms with Crippen LogP contribution < -0.4 is 5.73 Å². The molecule has 0 spiro atoms. The number of halogens is 1. The van der Waals surface area contributed by atoms with Crippen molar-refractivity contribution >= 4 is 0 Å². The van der Waals surface area contributed by atoms with Gasteiger partial charge in [-0.25, -0.2) is 4.39 Å². The topological polar surface area (TPSA) is 26.0 Å². The Kier molecular flexibility index (Phi) is 4.08. The molecule has 0 aliphatic heterocycles. The molecular weight excluding hydrogens is 177 g/mol. The molecule has 0 fully saturated rings. The molecule has 1 aromatic rings. The van der Waals surface area contributed by atoms with Crippen LogP contribution in [0.3, 0.4) is 0 Å². The minimum Gasteiger partial charge on any atom is -0.324 e. The zero-order valence-electron chi connectivity index (χ0n) is 8.89. The van der Waals surface area contributed by atoms with E-state index in [1.165, 1.54) is 12.1 Å². The van der Waals surface area contributed by atoms with Gasteiger partial charge >= 0.3 is 0 Å². The van der Waals surface area contributed by atoms with Crippen LogP contribution in [0.4, 0.5) is 4.39 Å². The molecule has 0 aliphatic carbocycles. The zero-order valence-corrected chi connectivity index (χ0v) is 8.89. The van der Waals surface area contributed by atoms with Crippen LogP contribution in [0.1, 0.15) is 43.4 Å². The average molecular weight is 195 g/mol. The van der Waals surface area contributed by atoms with E-state index in [9.17, 15) is 4.39 Å². The summed E-state index contributed by atoms with van der Waals surface area (Å²) in [6.07, 6.45) is 3.15. The Morgan fingerprint density at radius 1 is 1.36 bits per heavy atom. The fraction of sp³-hybridized carbons (Fsp3) is 0.500. The summed E-state index contributed by atoms with van der Waals surface area (Å²) in [5.41, 5.74) is 7.80. The van der Waals surface area contributed by atoms with Gasteiger partial charge in [-0.15, -0.1) is 0 Å². The first kappa shape index (κ1) is 11.2. The Hall–Kier alpha value is -0.890. The largest absolute Gasteiger partial charge is 0.324 e. The molecule has 78 valence electrons. The van der Waals surface area contributed by atoms with Crippen molar-refractivity contribution in [2.45, 2.75) is 39.2 Å². The molecule has 0 saturated heterocycles. The highest BCUT2D eigenvalue weighted by atomic mass is 19.1. The highest BCUT2D eigenvalue weighted by molar-refractivity contribution is 5.25. The van der Waals surface area contributed by atoms with Gasteiger partial charge in [0.25, 0.3) is 0 Å². The van der Waals surface area contributed by atoms with E-state index in [0.717, 1.165) is 30.4 Å². The van der Waals surface area contributed by atoms with E-state index in [2.05, 4.69) is 6.92 Å². The zero-order chi connectivity index (χ0) is 10.6. The van der Waals surface area contributed by atoms with Gasteiger partial charge in [0, 0.05) is 6.04 Å². The average Bonchev–Trinajstić information content (AvgIpc) is 2.12. The molecule has 1 atom stereocenters. The van der Waals surface area contributed by atoms with E-state index in [4.69, 9.17) is 5.73 Å². The summed E-state index contributed by atoms with van der Waals surface area (Å²) in [5, 5.41) is 0. The Morgan fingerprint density at radius 2 is 2.07 bits per heavy atom. The fourth-order valence-corrected chi connectivity index (χ4v) is 1.57. The number of hydrogen-bond donors (Lipinski definition) is 1. The number of unbranched alkanes of at least 4 members (excludes halogenated alkanes) is 1. The maximum absolute atomic E-state index is 13.1. The summed E-state index contributed by atoms with van der Waals surface area (Å²) in [6.45, 7) is 4.02. The van der Waals surface area contributed by atoms with Crippen molar-refractivity contribution in [1.29, 1.82) is 0 Å². The van der Waals surface area contributed by atoms with Gasteiger partial charge < -0.3 is 5.73 Å². The van der Waals surface area contributed by atoms with Crippen molar-refractivity contribution < 1.29 is 4.39 Å². The van der Waals surface area contributed by atoms with E-state index in [-0.39, 0.29) is 11.9 Å². The lowest BCUT2D eigenvalue weighted by atomic mass is 10.0. The van der Waals surface area contributed by atoms with Crippen LogP contribution >= 0.6 is 0 Å². The summed E-state index contributed by atoms with van der Waals surface area (Å²) in [4.78, 5) is 0. The first-order valence-corrected chi connectivity index (χ1v) is 5.16. The number of nitrogens with two attached hydrogens (primary N) is 1. The summed E-state index contributed by atoms with van der Waals surface area (Å²) in [6, 6.07) is 5.00. The lowest BCUT2D eigenvalue weighted by Crippen LogP contribution is -2.10. The number of aryl methyl sites for hydroxylation is 1. The fourth-order valence-electron chi connectivity index (χ4n) is 1.57. The Labute approximate surface area is 85.1 Å². The van der Waals surface area contributed by atoms with E-state index in [1.54, 1.807) is 0 Å².